The first-order valence-electron chi connectivity index (χ1n) is 8.64. The molecule has 3 rings (SSSR count). The lowest BCUT2D eigenvalue weighted by Crippen LogP contribution is -2.38. The second-order valence-electron chi connectivity index (χ2n) is 6.69. The van der Waals surface area contributed by atoms with Gasteiger partial charge in [0, 0.05) is 18.8 Å². The summed E-state index contributed by atoms with van der Waals surface area (Å²) in [6, 6.07) is 8.16. The van der Waals surface area contributed by atoms with Gasteiger partial charge in [-0.3, -0.25) is 4.79 Å². The minimum Gasteiger partial charge on any atom is -0.322 e. The number of nitrogens with zero attached hydrogens (tertiary/aromatic N) is 1. The lowest BCUT2D eigenvalue weighted by molar-refractivity contribution is 0.102. The molecule has 27 heavy (non-hydrogen) atoms. The number of hydrogen-bond donors (Lipinski definition) is 1. The molecule has 1 aliphatic rings. The van der Waals surface area contributed by atoms with Crippen LogP contribution in [0.2, 0.25) is 0 Å². The molecule has 0 saturated carbocycles. The van der Waals surface area contributed by atoms with Gasteiger partial charge in [0.2, 0.25) is 10.0 Å². The van der Waals surface area contributed by atoms with Crippen molar-refractivity contribution in [3.63, 3.8) is 0 Å². The monoisotopic (exact) mass is 394 g/mol. The number of anilines is 1. The highest BCUT2D eigenvalue weighted by atomic mass is 32.2. The van der Waals surface area contributed by atoms with Crippen LogP contribution in [0.1, 0.15) is 30.1 Å². The van der Waals surface area contributed by atoms with Crippen LogP contribution in [-0.4, -0.2) is 31.7 Å². The molecular formula is C19H20F2N2O3S. The molecule has 5 nitrogen and oxygen atoms in total. The van der Waals surface area contributed by atoms with Gasteiger partial charge in [0.05, 0.1) is 10.5 Å². The van der Waals surface area contributed by atoms with Crippen molar-refractivity contribution in [3.8, 4) is 0 Å². The first kappa shape index (κ1) is 19.4. The van der Waals surface area contributed by atoms with Crippen molar-refractivity contribution in [1.82, 2.24) is 4.31 Å². The summed E-state index contributed by atoms with van der Waals surface area (Å²) in [5, 5.41) is 2.44. The molecule has 0 atom stereocenters. The third kappa shape index (κ3) is 4.33. The van der Waals surface area contributed by atoms with Crippen molar-refractivity contribution < 1.29 is 22.0 Å². The van der Waals surface area contributed by atoms with E-state index in [4.69, 9.17) is 0 Å². The molecule has 8 heteroatoms. The van der Waals surface area contributed by atoms with Gasteiger partial charge >= 0.3 is 0 Å². The van der Waals surface area contributed by atoms with Crippen molar-refractivity contribution in [2.75, 3.05) is 18.4 Å². The van der Waals surface area contributed by atoms with Gasteiger partial charge in [0.15, 0.2) is 0 Å². The fourth-order valence-electron chi connectivity index (χ4n) is 2.94. The maximum Gasteiger partial charge on any atom is 0.258 e. The Balaban J connectivity index is 1.85. The van der Waals surface area contributed by atoms with Gasteiger partial charge in [-0.05, 0) is 61.2 Å². The molecular weight excluding hydrogens is 374 g/mol. The summed E-state index contributed by atoms with van der Waals surface area (Å²) in [6.07, 6.45) is 1.52. The van der Waals surface area contributed by atoms with Gasteiger partial charge in [0.25, 0.3) is 5.91 Å². The van der Waals surface area contributed by atoms with E-state index in [1.54, 1.807) is 0 Å². The molecule has 0 aromatic heterocycles. The van der Waals surface area contributed by atoms with Crippen LogP contribution in [0.3, 0.4) is 0 Å². The second-order valence-corrected chi connectivity index (χ2v) is 8.63. The van der Waals surface area contributed by atoms with E-state index in [0.717, 1.165) is 43.2 Å². The Morgan fingerprint density at radius 3 is 2.33 bits per heavy atom. The van der Waals surface area contributed by atoms with E-state index < -0.39 is 27.6 Å². The number of sulfonamides is 1. The third-order valence-electron chi connectivity index (χ3n) is 4.66. The summed E-state index contributed by atoms with van der Waals surface area (Å²) in [7, 11) is -3.80. The van der Waals surface area contributed by atoms with Crippen molar-refractivity contribution in [2.24, 2.45) is 5.92 Å². The molecule has 1 fully saturated rings. The molecule has 144 valence electrons. The van der Waals surface area contributed by atoms with Gasteiger partial charge in [-0.25, -0.2) is 17.2 Å². The fourth-order valence-corrected chi connectivity index (χ4v) is 4.44. The number of rotatable bonds is 4. The topological polar surface area (TPSA) is 66.5 Å². The molecule has 1 saturated heterocycles. The van der Waals surface area contributed by atoms with Crippen molar-refractivity contribution in [2.45, 2.75) is 24.7 Å². The van der Waals surface area contributed by atoms with Crippen LogP contribution in [0.25, 0.3) is 0 Å². The number of nitrogens with one attached hydrogen (secondary N) is 1. The van der Waals surface area contributed by atoms with Crippen LogP contribution in [0.4, 0.5) is 14.5 Å². The van der Waals surface area contributed by atoms with Crippen LogP contribution in [0.15, 0.2) is 47.4 Å². The summed E-state index contributed by atoms with van der Waals surface area (Å²) in [6.45, 7) is 2.87. The second kappa shape index (κ2) is 7.74. The van der Waals surface area contributed by atoms with E-state index >= 15 is 0 Å². The van der Waals surface area contributed by atoms with Crippen LogP contribution in [0.5, 0.6) is 0 Å². The predicted molar refractivity (Wildman–Crippen MR) is 97.9 cm³/mol. The SMILES string of the molecule is CC1CCN(S(=O)(=O)c2ccc(F)c(C(=O)Nc3ccc(F)cc3)c2)CC1. The van der Waals surface area contributed by atoms with Gasteiger partial charge in [-0.15, -0.1) is 0 Å². The Kier molecular flexibility index (Phi) is 5.57. The summed E-state index contributed by atoms with van der Waals surface area (Å²) in [5.41, 5.74) is -0.107. The van der Waals surface area contributed by atoms with Gasteiger partial charge in [-0.2, -0.15) is 4.31 Å². The summed E-state index contributed by atoms with van der Waals surface area (Å²) in [4.78, 5) is 12.2. The summed E-state index contributed by atoms with van der Waals surface area (Å²) in [5.74, 6) is -1.64. The highest BCUT2D eigenvalue weighted by Crippen LogP contribution is 2.25. The lowest BCUT2D eigenvalue weighted by Gasteiger charge is -2.29. The van der Waals surface area contributed by atoms with E-state index in [0.29, 0.717) is 19.0 Å². The average Bonchev–Trinajstić information content (AvgIpc) is 2.64. The van der Waals surface area contributed by atoms with E-state index in [9.17, 15) is 22.0 Å². The smallest absolute Gasteiger partial charge is 0.258 e. The van der Waals surface area contributed by atoms with Crippen molar-refractivity contribution in [1.29, 1.82) is 0 Å². The normalized spacial score (nSPS) is 16.3. The Hall–Kier alpha value is -2.32. The highest BCUT2D eigenvalue weighted by Gasteiger charge is 2.29. The zero-order chi connectivity index (χ0) is 19.6. The van der Waals surface area contributed by atoms with E-state index in [1.165, 1.54) is 16.4 Å². The van der Waals surface area contributed by atoms with Crippen LogP contribution < -0.4 is 5.32 Å². The molecule has 1 N–H and O–H groups in total. The van der Waals surface area contributed by atoms with E-state index in [2.05, 4.69) is 12.2 Å². The number of carbonyl (C=O) groups excluding carboxylic acids is 1. The molecule has 2 aromatic carbocycles. The van der Waals surface area contributed by atoms with Gasteiger partial charge in [-0.1, -0.05) is 6.92 Å². The average molecular weight is 394 g/mol. The highest BCUT2D eigenvalue weighted by molar-refractivity contribution is 7.89. The zero-order valence-corrected chi connectivity index (χ0v) is 15.6. The Morgan fingerprint density at radius 2 is 1.70 bits per heavy atom. The quantitative estimate of drug-likeness (QED) is 0.861. The number of halogens is 2. The molecule has 2 aromatic rings. The van der Waals surface area contributed by atoms with Crippen LogP contribution >= 0.6 is 0 Å². The maximum absolute atomic E-state index is 14.1. The van der Waals surface area contributed by atoms with E-state index in [-0.39, 0.29) is 16.1 Å². The Labute approximate surface area is 157 Å². The summed E-state index contributed by atoms with van der Waals surface area (Å²) >= 11 is 0. The fraction of sp³-hybridized carbons (Fsp3) is 0.316. The van der Waals surface area contributed by atoms with Crippen molar-refractivity contribution >= 4 is 21.6 Å². The molecule has 0 aliphatic carbocycles. The Morgan fingerprint density at radius 1 is 1.07 bits per heavy atom. The first-order chi connectivity index (χ1) is 12.8. The number of amides is 1. The summed E-state index contributed by atoms with van der Waals surface area (Å²) < 4.78 is 54.1. The number of hydrogen-bond acceptors (Lipinski definition) is 3. The standard InChI is InChI=1S/C19H20F2N2O3S/c1-13-8-10-23(11-9-13)27(25,26)16-6-7-18(21)17(12-16)19(24)22-15-4-2-14(20)3-5-15/h2-7,12-13H,8-11H2,1H3,(H,22,24). The zero-order valence-electron chi connectivity index (χ0n) is 14.8. The molecule has 0 spiro atoms. The lowest BCUT2D eigenvalue weighted by atomic mass is 10.0. The molecule has 0 bridgehead atoms. The number of piperidine rings is 1. The minimum absolute atomic E-state index is 0.122. The van der Waals surface area contributed by atoms with Gasteiger partial charge in [0.1, 0.15) is 11.6 Å². The Bertz CT molecular complexity index is 938. The minimum atomic E-state index is -3.80. The molecule has 1 heterocycles. The van der Waals surface area contributed by atoms with Gasteiger partial charge < -0.3 is 5.32 Å². The molecule has 0 unspecified atom stereocenters. The van der Waals surface area contributed by atoms with Crippen LogP contribution in [-0.2, 0) is 10.0 Å². The van der Waals surface area contributed by atoms with Crippen molar-refractivity contribution in [3.05, 3.63) is 59.7 Å². The van der Waals surface area contributed by atoms with E-state index in [1.807, 2.05) is 0 Å². The first-order valence-corrected chi connectivity index (χ1v) is 10.1. The number of benzene rings is 2. The number of carbonyl (C=O) groups is 1. The molecule has 1 amide bonds. The molecule has 0 radical (unpaired) electrons. The third-order valence-corrected chi connectivity index (χ3v) is 6.56. The largest absolute Gasteiger partial charge is 0.322 e. The van der Waals surface area contributed by atoms with Crippen LogP contribution in [0, 0.1) is 17.6 Å². The predicted octanol–water partition coefficient (Wildman–Crippen LogP) is 3.64. The maximum atomic E-state index is 14.1. The molecule has 1 aliphatic heterocycles.